The molecule has 2 N–H and O–H groups in total. The van der Waals surface area contributed by atoms with Crippen molar-refractivity contribution in [1.82, 2.24) is 4.90 Å². The number of aliphatic hydroxyl groups excluding tert-OH is 1. The third kappa shape index (κ3) is 5.42. The number of aliphatic hydroxyl groups is 1. The van der Waals surface area contributed by atoms with Gasteiger partial charge in [0.15, 0.2) is 11.3 Å². The molecule has 36 heavy (non-hydrogen) atoms. The molecule has 5 rings (SSSR count). The molecule has 0 aliphatic heterocycles. The van der Waals surface area contributed by atoms with Crippen LogP contribution >= 0.6 is 35.4 Å². The van der Waals surface area contributed by atoms with E-state index in [4.69, 9.17) is 44.6 Å². The number of nitrogens with one attached hydrogen (secondary N) is 1. The van der Waals surface area contributed by atoms with E-state index in [2.05, 4.69) is 5.32 Å². The molecule has 0 aliphatic carbocycles. The fourth-order valence-corrected chi connectivity index (χ4v) is 4.68. The van der Waals surface area contributed by atoms with Crippen LogP contribution in [0.25, 0.3) is 21.9 Å². The highest BCUT2D eigenvalue weighted by atomic mass is 35.5. The monoisotopic (exact) mass is 536 g/mol. The normalized spacial score (nSPS) is 12.0. The molecule has 4 aromatic carbocycles. The molecule has 0 bridgehead atoms. The summed E-state index contributed by atoms with van der Waals surface area (Å²) in [5.74, 6) is 0.618. The second-order valence-electron chi connectivity index (χ2n) is 8.22. The predicted octanol–water partition coefficient (Wildman–Crippen LogP) is 7.49. The quantitative estimate of drug-likeness (QED) is 0.166. The van der Waals surface area contributed by atoms with Crippen molar-refractivity contribution in [3.8, 4) is 5.75 Å². The Hall–Kier alpha value is -3.29. The minimum atomic E-state index is -1.03. The van der Waals surface area contributed by atoms with E-state index in [0.717, 1.165) is 27.5 Å². The largest absolute Gasteiger partial charge is 0.489 e. The van der Waals surface area contributed by atoms with Crippen molar-refractivity contribution >= 4 is 68.2 Å². The first kappa shape index (κ1) is 24.4. The van der Waals surface area contributed by atoms with Crippen LogP contribution in [-0.2, 0) is 6.54 Å². The van der Waals surface area contributed by atoms with Crippen molar-refractivity contribution in [2.75, 3.05) is 11.9 Å². The lowest BCUT2D eigenvalue weighted by atomic mass is 10.1. The average Bonchev–Trinajstić information content (AvgIpc) is 3.26. The lowest BCUT2D eigenvalue weighted by Gasteiger charge is -2.31. The Labute approximate surface area is 223 Å². The number of halogens is 2. The number of hydrogen-bond donors (Lipinski definition) is 2. The Balaban J connectivity index is 1.34. The second kappa shape index (κ2) is 10.8. The molecule has 1 atom stereocenters. The van der Waals surface area contributed by atoms with Crippen molar-refractivity contribution in [3.05, 3.63) is 107 Å². The van der Waals surface area contributed by atoms with Gasteiger partial charge in [0, 0.05) is 22.3 Å². The first-order valence-electron chi connectivity index (χ1n) is 11.3. The van der Waals surface area contributed by atoms with E-state index in [1.807, 2.05) is 72.8 Å². The van der Waals surface area contributed by atoms with Gasteiger partial charge in [-0.15, -0.1) is 0 Å². The van der Waals surface area contributed by atoms with E-state index >= 15 is 0 Å². The van der Waals surface area contributed by atoms with Gasteiger partial charge in [0.25, 0.3) is 0 Å². The summed E-state index contributed by atoms with van der Waals surface area (Å²) in [5, 5.41) is 17.5. The average molecular weight is 537 g/mol. The van der Waals surface area contributed by atoms with Gasteiger partial charge >= 0.3 is 0 Å². The number of nitrogens with zero attached hydrogens (tertiary/aromatic N) is 1. The fraction of sp³-hybridized carbons (Fsp3) is 0.107. The standard InChI is InChI=1S/C28H22Cl2N2O3S/c29-19-10-12-24(23(30)14-19)31-28(36)32(16-18-6-2-1-3-7-18)27(33)17-34-20-11-13-26-22(15-20)21-8-4-5-9-25(21)35-26/h1-15,27,33H,16-17H2,(H,31,36). The van der Waals surface area contributed by atoms with Gasteiger partial charge in [0.2, 0.25) is 0 Å². The maximum absolute atomic E-state index is 11.1. The number of ether oxygens (including phenoxy) is 1. The Morgan fingerprint density at radius 3 is 2.47 bits per heavy atom. The smallest absolute Gasteiger partial charge is 0.175 e. The number of furan rings is 1. The number of para-hydroxylation sites is 1. The molecule has 0 spiro atoms. The summed E-state index contributed by atoms with van der Waals surface area (Å²) in [7, 11) is 0. The predicted molar refractivity (Wildman–Crippen MR) is 150 cm³/mol. The summed E-state index contributed by atoms with van der Waals surface area (Å²) in [4.78, 5) is 1.65. The first-order valence-corrected chi connectivity index (χ1v) is 12.4. The van der Waals surface area contributed by atoms with E-state index in [-0.39, 0.29) is 6.61 Å². The Morgan fingerprint density at radius 2 is 1.67 bits per heavy atom. The number of thiocarbonyl (C=S) groups is 1. The third-order valence-electron chi connectivity index (χ3n) is 5.74. The maximum atomic E-state index is 11.1. The highest BCUT2D eigenvalue weighted by Crippen LogP contribution is 2.31. The van der Waals surface area contributed by atoms with E-state index in [1.165, 1.54) is 0 Å². The fourth-order valence-electron chi connectivity index (χ4n) is 3.93. The lowest BCUT2D eigenvalue weighted by molar-refractivity contribution is 0.0101. The number of fused-ring (bicyclic) bond motifs is 3. The van der Waals surface area contributed by atoms with Crippen LogP contribution in [0.1, 0.15) is 5.56 Å². The summed E-state index contributed by atoms with van der Waals surface area (Å²) in [6.07, 6.45) is -1.03. The van der Waals surface area contributed by atoms with Crippen LogP contribution in [-0.4, -0.2) is 28.0 Å². The Bertz CT molecular complexity index is 1520. The van der Waals surface area contributed by atoms with Gasteiger partial charge in [-0.3, -0.25) is 0 Å². The van der Waals surface area contributed by atoms with Crippen LogP contribution in [0.3, 0.4) is 0 Å². The molecule has 0 amide bonds. The van der Waals surface area contributed by atoms with Crippen LogP contribution in [0.4, 0.5) is 5.69 Å². The molecular weight excluding hydrogens is 515 g/mol. The zero-order valence-electron chi connectivity index (χ0n) is 19.0. The van der Waals surface area contributed by atoms with Crippen molar-refractivity contribution in [2.24, 2.45) is 0 Å². The highest BCUT2D eigenvalue weighted by Gasteiger charge is 2.21. The van der Waals surface area contributed by atoms with Gasteiger partial charge in [-0.1, -0.05) is 71.7 Å². The summed E-state index contributed by atoms with van der Waals surface area (Å²) < 4.78 is 11.9. The molecular formula is C28H22Cl2N2O3S. The molecule has 0 saturated carbocycles. The molecule has 8 heteroatoms. The van der Waals surface area contributed by atoms with Gasteiger partial charge in [0.05, 0.1) is 10.7 Å². The Morgan fingerprint density at radius 1 is 0.917 bits per heavy atom. The molecule has 5 nitrogen and oxygen atoms in total. The molecule has 1 aromatic heterocycles. The second-order valence-corrected chi connectivity index (χ2v) is 9.45. The highest BCUT2D eigenvalue weighted by molar-refractivity contribution is 7.80. The molecule has 1 unspecified atom stereocenters. The molecule has 1 heterocycles. The van der Waals surface area contributed by atoms with Crippen LogP contribution in [0.5, 0.6) is 5.75 Å². The SMILES string of the molecule is OC(COc1ccc2oc3ccccc3c2c1)N(Cc1ccccc1)C(=S)Nc1ccc(Cl)cc1Cl. The van der Waals surface area contributed by atoms with Crippen molar-refractivity contribution in [2.45, 2.75) is 12.8 Å². The van der Waals surface area contributed by atoms with E-state index in [0.29, 0.717) is 33.1 Å². The van der Waals surface area contributed by atoms with E-state index < -0.39 is 6.23 Å². The zero-order valence-corrected chi connectivity index (χ0v) is 21.4. The number of anilines is 1. The molecule has 0 fully saturated rings. The minimum absolute atomic E-state index is 0.00963. The van der Waals surface area contributed by atoms with Crippen LogP contribution in [0, 0.1) is 0 Å². The number of rotatable bonds is 7. The summed E-state index contributed by atoms with van der Waals surface area (Å²) >= 11 is 18.0. The van der Waals surface area contributed by atoms with Crippen LogP contribution in [0.2, 0.25) is 10.0 Å². The lowest BCUT2D eigenvalue weighted by Crippen LogP contribution is -2.45. The topological polar surface area (TPSA) is 57.9 Å². The van der Waals surface area contributed by atoms with Gasteiger partial charge < -0.3 is 24.5 Å². The van der Waals surface area contributed by atoms with Crippen molar-refractivity contribution in [1.29, 1.82) is 0 Å². The van der Waals surface area contributed by atoms with Gasteiger partial charge in [-0.25, -0.2) is 0 Å². The zero-order chi connectivity index (χ0) is 25.1. The molecule has 5 aromatic rings. The Kier molecular flexibility index (Phi) is 7.30. The summed E-state index contributed by atoms with van der Waals surface area (Å²) in [6.45, 7) is 0.359. The van der Waals surface area contributed by atoms with E-state index in [1.54, 1.807) is 23.1 Å². The minimum Gasteiger partial charge on any atom is -0.489 e. The van der Waals surface area contributed by atoms with Crippen LogP contribution < -0.4 is 10.1 Å². The van der Waals surface area contributed by atoms with Crippen molar-refractivity contribution < 1.29 is 14.3 Å². The van der Waals surface area contributed by atoms with E-state index in [9.17, 15) is 5.11 Å². The van der Waals surface area contributed by atoms with Crippen molar-refractivity contribution in [3.63, 3.8) is 0 Å². The van der Waals surface area contributed by atoms with Gasteiger partial charge in [-0.05, 0) is 60.2 Å². The third-order valence-corrected chi connectivity index (χ3v) is 6.62. The molecule has 0 saturated heterocycles. The number of benzene rings is 4. The molecule has 0 radical (unpaired) electrons. The van der Waals surface area contributed by atoms with Gasteiger partial charge in [0.1, 0.15) is 23.5 Å². The number of hydrogen-bond acceptors (Lipinski definition) is 4. The maximum Gasteiger partial charge on any atom is 0.175 e. The molecule has 182 valence electrons. The van der Waals surface area contributed by atoms with Crippen LogP contribution in [0.15, 0.2) is 95.4 Å². The summed E-state index contributed by atoms with van der Waals surface area (Å²) in [5.41, 5.74) is 3.17. The van der Waals surface area contributed by atoms with Gasteiger partial charge in [-0.2, -0.15) is 0 Å². The summed E-state index contributed by atoms with van der Waals surface area (Å²) in [6, 6.07) is 28.3. The first-order chi connectivity index (χ1) is 17.5. The molecule has 0 aliphatic rings.